The van der Waals surface area contributed by atoms with Crippen LogP contribution < -0.4 is 0 Å². The normalized spacial score (nSPS) is 10.4. The molecule has 0 aliphatic carbocycles. The summed E-state index contributed by atoms with van der Waals surface area (Å²) in [6.07, 6.45) is 0. The first kappa shape index (κ1) is 11.2. The highest BCUT2D eigenvalue weighted by Gasteiger charge is 2.15. The van der Waals surface area contributed by atoms with Crippen LogP contribution in [-0.4, -0.2) is 11.1 Å². The molecular weight excluding hydrogens is 244 g/mol. The first-order chi connectivity index (χ1) is 7.59. The molecular formula is C12H9ClO2S. The van der Waals surface area contributed by atoms with Crippen molar-refractivity contribution in [1.29, 1.82) is 0 Å². The molecule has 1 N–H and O–H groups in total. The molecule has 2 aromatic rings. The van der Waals surface area contributed by atoms with E-state index in [4.69, 9.17) is 16.7 Å². The van der Waals surface area contributed by atoms with E-state index >= 15 is 0 Å². The standard InChI is InChI=1S/C12H9ClO2S/c1-7-11(10(6-16-7)12(14)15)8-2-4-9(13)5-3-8/h2-6H,1H3,(H,14,15). The summed E-state index contributed by atoms with van der Waals surface area (Å²) in [5, 5.41) is 11.4. The van der Waals surface area contributed by atoms with Crippen molar-refractivity contribution in [3.05, 3.63) is 45.1 Å². The van der Waals surface area contributed by atoms with E-state index < -0.39 is 5.97 Å². The molecule has 0 atom stereocenters. The second-order valence-electron chi connectivity index (χ2n) is 3.39. The molecule has 1 aromatic carbocycles. The van der Waals surface area contributed by atoms with Gasteiger partial charge in [-0.3, -0.25) is 0 Å². The third kappa shape index (κ3) is 1.96. The van der Waals surface area contributed by atoms with Crippen molar-refractivity contribution in [2.45, 2.75) is 6.92 Å². The van der Waals surface area contributed by atoms with Crippen molar-refractivity contribution < 1.29 is 9.90 Å². The van der Waals surface area contributed by atoms with E-state index in [0.717, 1.165) is 16.0 Å². The molecule has 2 rings (SSSR count). The van der Waals surface area contributed by atoms with Crippen molar-refractivity contribution >= 4 is 28.9 Å². The lowest BCUT2D eigenvalue weighted by molar-refractivity contribution is 0.0698. The molecule has 0 spiro atoms. The van der Waals surface area contributed by atoms with Crippen LogP contribution in [0.15, 0.2) is 29.6 Å². The van der Waals surface area contributed by atoms with Gasteiger partial charge in [-0.15, -0.1) is 11.3 Å². The summed E-state index contributed by atoms with van der Waals surface area (Å²) in [5.41, 5.74) is 2.03. The molecule has 0 aliphatic rings. The molecule has 2 nitrogen and oxygen atoms in total. The van der Waals surface area contributed by atoms with E-state index in [9.17, 15) is 4.79 Å². The molecule has 0 radical (unpaired) electrons. The van der Waals surface area contributed by atoms with Crippen LogP contribution in [0.4, 0.5) is 0 Å². The van der Waals surface area contributed by atoms with Gasteiger partial charge < -0.3 is 5.11 Å². The first-order valence-corrected chi connectivity index (χ1v) is 5.92. The average molecular weight is 253 g/mol. The Balaban J connectivity index is 2.58. The number of aryl methyl sites for hydroxylation is 1. The lowest BCUT2D eigenvalue weighted by Crippen LogP contribution is -1.96. The Morgan fingerprint density at radius 1 is 1.31 bits per heavy atom. The van der Waals surface area contributed by atoms with Gasteiger partial charge in [0.15, 0.2) is 0 Å². The number of hydrogen-bond acceptors (Lipinski definition) is 2. The quantitative estimate of drug-likeness (QED) is 0.875. The molecule has 0 fully saturated rings. The molecule has 16 heavy (non-hydrogen) atoms. The third-order valence-corrected chi connectivity index (χ3v) is 3.50. The number of halogens is 1. The van der Waals surface area contributed by atoms with E-state index in [-0.39, 0.29) is 0 Å². The molecule has 1 aromatic heterocycles. The minimum Gasteiger partial charge on any atom is -0.478 e. The number of thiophene rings is 1. The van der Waals surface area contributed by atoms with Gasteiger partial charge in [-0.2, -0.15) is 0 Å². The number of aromatic carboxylic acids is 1. The maximum Gasteiger partial charge on any atom is 0.337 e. The number of carbonyl (C=O) groups is 1. The molecule has 0 unspecified atom stereocenters. The summed E-state index contributed by atoms with van der Waals surface area (Å²) in [4.78, 5) is 12.1. The Hall–Kier alpha value is -1.32. The van der Waals surface area contributed by atoms with E-state index in [1.165, 1.54) is 11.3 Å². The van der Waals surface area contributed by atoms with Crippen LogP contribution in [0.1, 0.15) is 15.2 Å². The van der Waals surface area contributed by atoms with Crippen LogP contribution in [-0.2, 0) is 0 Å². The van der Waals surface area contributed by atoms with Gasteiger partial charge in [-0.1, -0.05) is 23.7 Å². The number of hydrogen-bond donors (Lipinski definition) is 1. The molecule has 4 heteroatoms. The van der Waals surface area contributed by atoms with Crippen molar-refractivity contribution in [3.8, 4) is 11.1 Å². The van der Waals surface area contributed by atoms with Crippen molar-refractivity contribution in [3.63, 3.8) is 0 Å². The monoisotopic (exact) mass is 252 g/mol. The van der Waals surface area contributed by atoms with Gasteiger partial charge in [0, 0.05) is 20.8 Å². The second-order valence-corrected chi connectivity index (χ2v) is 4.91. The zero-order chi connectivity index (χ0) is 11.7. The lowest BCUT2D eigenvalue weighted by atomic mass is 10.0. The van der Waals surface area contributed by atoms with Crippen LogP contribution in [0.2, 0.25) is 5.02 Å². The van der Waals surface area contributed by atoms with Crippen LogP contribution in [0.25, 0.3) is 11.1 Å². The molecule has 0 amide bonds. The first-order valence-electron chi connectivity index (χ1n) is 4.67. The molecule has 1 heterocycles. The number of benzene rings is 1. The van der Waals surface area contributed by atoms with E-state index in [1.54, 1.807) is 17.5 Å². The lowest BCUT2D eigenvalue weighted by Gasteiger charge is -2.03. The smallest absolute Gasteiger partial charge is 0.337 e. The van der Waals surface area contributed by atoms with Crippen LogP contribution >= 0.6 is 22.9 Å². The number of carboxylic acids is 1. The van der Waals surface area contributed by atoms with Gasteiger partial charge in [-0.05, 0) is 24.6 Å². The minimum absolute atomic E-state index is 0.352. The maximum absolute atomic E-state index is 11.1. The van der Waals surface area contributed by atoms with E-state index in [2.05, 4.69) is 0 Å². The van der Waals surface area contributed by atoms with Crippen molar-refractivity contribution in [2.75, 3.05) is 0 Å². The van der Waals surface area contributed by atoms with Gasteiger partial charge in [0.25, 0.3) is 0 Å². The number of rotatable bonds is 2. The fraction of sp³-hybridized carbons (Fsp3) is 0.0833. The molecule has 0 aliphatic heterocycles. The minimum atomic E-state index is -0.894. The van der Waals surface area contributed by atoms with Crippen molar-refractivity contribution in [2.24, 2.45) is 0 Å². The average Bonchev–Trinajstić information content (AvgIpc) is 2.62. The highest BCUT2D eigenvalue weighted by molar-refractivity contribution is 7.10. The Kier molecular flexibility index (Phi) is 2.99. The predicted octanol–water partition coefficient (Wildman–Crippen LogP) is 4.08. The Bertz CT molecular complexity index is 528. The van der Waals surface area contributed by atoms with Crippen LogP contribution in [0, 0.1) is 6.92 Å². The summed E-state index contributed by atoms with van der Waals surface area (Å²) >= 11 is 7.25. The van der Waals surface area contributed by atoms with E-state index in [1.807, 2.05) is 19.1 Å². The van der Waals surface area contributed by atoms with Gasteiger partial charge in [-0.25, -0.2) is 4.79 Å². The Labute approximate surface area is 102 Å². The Morgan fingerprint density at radius 2 is 1.94 bits per heavy atom. The number of carboxylic acid groups (broad SMARTS) is 1. The zero-order valence-corrected chi connectivity index (χ0v) is 10.1. The van der Waals surface area contributed by atoms with Crippen molar-refractivity contribution in [1.82, 2.24) is 0 Å². The topological polar surface area (TPSA) is 37.3 Å². The fourth-order valence-corrected chi connectivity index (χ4v) is 2.57. The summed E-state index contributed by atoms with van der Waals surface area (Å²) in [7, 11) is 0. The predicted molar refractivity (Wildman–Crippen MR) is 66.5 cm³/mol. The third-order valence-electron chi connectivity index (χ3n) is 2.34. The highest BCUT2D eigenvalue weighted by Crippen LogP contribution is 2.32. The van der Waals surface area contributed by atoms with Gasteiger partial charge in [0.2, 0.25) is 0 Å². The zero-order valence-electron chi connectivity index (χ0n) is 8.53. The fourth-order valence-electron chi connectivity index (χ4n) is 1.59. The van der Waals surface area contributed by atoms with Gasteiger partial charge in [0.1, 0.15) is 0 Å². The van der Waals surface area contributed by atoms with Crippen LogP contribution in [0.3, 0.4) is 0 Å². The molecule has 82 valence electrons. The maximum atomic E-state index is 11.1. The van der Waals surface area contributed by atoms with Gasteiger partial charge >= 0.3 is 5.97 Å². The summed E-state index contributed by atoms with van der Waals surface area (Å²) in [6, 6.07) is 7.20. The summed E-state index contributed by atoms with van der Waals surface area (Å²) < 4.78 is 0. The SMILES string of the molecule is Cc1scc(C(=O)O)c1-c1ccc(Cl)cc1. The highest BCUT2D eigenvalue weighted by atomic mass is 35.5. The molecule has 0 saturated heterocycles. The summed E-state index contributed by atoms with van der Waals surface area (Å²) in [6.45, 7) is 1.92. The van der Waals surface area contributed by atoms with Crippen LogP contribution in [0.5, 0.6) is 0 Å². The largest absolute Gasteiger partial charge is 0.478 e. The Morgan fingerprint density at radius 3 is 2.50 bits per heavy atom. The molecule has 0 saturated carbocycles. The van der Waals surface area contributed by atoms with E-state index in [0.29, 0.717) is 10.6 Å². The van der Waals surface area contributed by atoms with Gasteiger partial charge in [0.05, 0.1) is 5.56 Å². The molecule has 0 bridgehead atoms. The second kappa shape index (κ2) is 4.28. The summed E-state index contributed by atoms with van der Waals surface area (Å²) in [5.74, 6) is -0.894.